The van der Waals surface area contributed by atoms with Crippen molar-refractivity contribution in [2.24, 2.45) is 5.73 Å². The number of aliphatic hydroxyl groups is 1. The summed E-state index contributed by atoms with van der Waals surface area (Å²) in [5, 5.41) is 8.98. The van der Waals surface area contributed by atoms with E-state index in [2.05, 4.69) is 0 Å². The van der Waals surface area contributed by atoms with Gasteiger partial charge in [0, 0.05) is 0 Å². The summed E-state index contributed by atoms with van der Waals surface area (Å²) >= 11 is 0. The second kappa shape index (κ2) is 5.80. The van der Waals surface area contributed by atoms with Gasteiger partial charge >= 0.3 is 0 Å². The van der Waals surface area contributed by atoms with Gasteiger partial charge < -0.3 is 15.6 Å². The molecule has 0 aromatic heterocycles. The summed E-state index contributed by atoms with van der Waals surface area (Å²) < 4.78 is 5.22. The van der Waals surface area contributed by atoms with Gasteiger partial charge in [-0.3, -0.25) is 0 Å². The van der Waals surface area contributed by atoms with E-state index in [9.17, 15) is 0 Å². The summed E-state index contributed by atoms with van der Waals surface area (Å²) in [5.74, 6) is 0.793. The zero-order valence-corrected chi connectivity index (χ0v) is 8.25. The molecule has 0 bridgehead atoms. The van der Waals surface area contributed by atoms with Crippen molar-refractivity contribution in [1.82, 2.24) is 0 Å². The average molecular weight is 204 g/mol. The van der Waals surface area contributed by atoms with Crippen LogP contribution in [0.1, 0.15) is 18.7 Å². The van der Waals surface area contributed by atoms with Gasteiger partial charge in [-0.15, -0.1) is 12.4 Å². The fourth-order valence-electron chi connectivity index (χ4n) is 0.928. The van der Waals surface area contributed by atoms with Crippen LogP contribution in [0.4, 0.5) is 0 Å². The van der Waals surface area contributed by atoms with Gasteiger partial charge in [0.1, 0.15) is 12.0 Å². The SMILES string of the molecule is CCOc1ccc([C@H](N)O)cc1.Cl. The van der Waals surface area contributed by atoms with Crippen molar-refractivity contribution in [2.75, 3.05) is 6.61 Å². The molecule has 3 N–H and O–H groups in total. The molecule has 1 rings (SSSR count). The molecule has 0 saturated carbocycles. The van der Waals surface area contributed by atoms with Crippen LogP contribution in [0.5, 0.6) is 5.75 Å². The molecule has 1 atom stereocenters. The van der Waals surface area contributed by atoms with Gasteiger partial charge in [-0.05, 0) is 24.6 Å². The molecule has 0 aliphatic heterocycles. The first kappa shape index (κ1) is 12.2. The summed E-state index contributed by atoms with van der Waals surface area (Å²) in [5.41, 5.74) is 5.95. The summed E-state index contributed by atoms with van der Waals surface area (Å²) in [4.78, 5) is 0. The Morgan fingerprint density at radius 2 is 1.92 bits per heavy atom. The third-order valence-corrected chi connectivity index (χ3v) is 1.53. The van der Waals surface area contributed by atoms with Crippen LogP contribution in [0.2, 0.25) is 0 Å². The fourth-order valence-corrected chi connectivity index (χ4v) is 0.928. The Kier molecular flexibility index (Phi) is 5.46. The number of rotatable bonds is 3. The minimum absolute atomic E-state index is 0. The maximum atomic E-state index is 8.98. The highest BCUT2D eigenvalue weighted by Gasteiger charge is 1.99. The number of hydrogen-bond donors (Lipinski definition) is 2. The van der Waals surface area contributed by atoms with Gasteiger partial charge in [-0.25, -0.2) is 0 Å². The van der Waals surface area contributed by atoms with Crippen molar-refractivity contribution in [3.05, 3.63) is 29.8 Å². The monoisotopic (exact) mass is 203 g/mol. The van der Waals surface area contributed by atoms with Gasteiger partial charge in [-0.1, -0.05) is 12.1 Å². The Morgan fingerprint density at radius 3 is 2.31 bits per heavy atom. The zero-order chi connectivity index (χ0) is 8.97. The normalized spacial score (nSPS) is 11.6. The van der Waals surface area contributed by atoms with E-state index in [0.717, 1.165) is 5.75 Å². The Balaban J connectivity index is 0.00000144. The van der Waals surface area contributed by atoms with Crippen molar-refractivity contribution < 1.29 is 9.84 Å². The van der Waals surface area contributed by atoms with Gasteiger partial charge in [0.25, 0.3) is 0 Å². The minimum atomic E-state index is -0.902. The molecule has 0 saturated heterocycles. The zero-order valence-electron chi connectivity index (χ0n) is 7.43. The molecule has 0 heterocycles. The maximum Gasteiger partial charge on any atom is 0.128 e. The maximum absolute atomic E-state index is 8.98. The predicted molar refractivity (Wildman–Crippen MR) is 54.0 cm³/mol. The molecule has 0 spiro atoms. The van der Waals surface area contributed by atoms with Gasteiger partial charge in [0.15, 0.2) is 0 Å². The lowest BCUT2D eigenvalue weighted by Crippen LogP contribution is -2.07. The number of nitrogens with two attached hydrogens (primary N) is 1. The van der Waals surface area contributed by atoms with E-state index in [1.807, 2.05) is 6.92 Å². The number of halogens is 1. The molecule has 0 unspecified atom stereocenters. The highest BCUT2D eigenvalue weighted by Crippen LogP contribution is 2.14. The quantitative estimate of drug-likeness (QED) is 0.732. The molecule has 74 valence electrons. The third-order valence-electron chi connectivity index (χ3n) is 1.53. The number of hydrogen-bond acceptors (Lipinski definition) is 3. The molecule has 0 aliphatic carbocycles. The van der Waals surface area contributed by atoms with Crippen LogP contribution in [0, 0.1) is 0 Å². The van der Waals surface area contributed by atoms with Crippen LogP contribution >= 0.6 is 12.4 Å². The summed E-state index contributed by atoms with van der Waals surface area (Å²) in [6.07, 6.45) is -0.902. The first-order valence-electron chi connectivity index (χ1n) is 3.90. The highest BCUT2D eigenvalue weighted by molar-refractivity contribution is 5.85. The van der Waals surface area contributed by atoms with E-state index in [-0.39, 0.29) is 12.4 Å². The second-order valence-electron chi connectivity index (χ2n) is 2.45. The van der Waals surface area contributed by atoms with E-state index in [4.69, 9.17) is 15.6 Å². The lowest BCUT2D eigenvalue weighted by Gasteiger charge is -2.06. The third kappa shape index (κ3) is 3.63. The van der Waals surface area contributed by atoms with Crippen LogP contribution in [0.15, 0.2) is 24.3 Å². The first-order valence-corrected chi connectivity index (χ1v) is 3.90. The van der Waals surface area contributed by atoms with Crippen LogP contribution in [-0.4, -0.2) is 11.7 Å². The number of aliphatic hydroxyl groups excluding tert-OH is 1. The van der Waals surface area contributed by atoms with Crippen molar-refractivity contribution in [1.29, 1.82) is 0 Å². The van der Waals surface area contributed by atoms with Crippen LogP contribution in [0.25, 0.3) is 0 Å². The van der Waals surface area contributed by atoms with Crippen molar-refractivity contribution in [3.8, 4) is 5.75 Å². The average Bonchev–Trinajstić information content (AvgIpc) is 2.06. The van der Waals surface area contributed by atoms with E-state index >= 15 is 0 Å². The molecule has 0 fully saturated rings. The van der Waals surface area contributed by atoms with Crippen LogP contribution in [0.3, 0.4) is 0 Å². The molecule has 3 nitrogen and oxygen atoms in total. The van der Waals surface area contributed by atoms with Crippen LogP contribution < -0.4 is 10.5 Å². The molecule has 13 heavy (non-hydrogen) atoms. The lowest BCUT2D eigenvalue weighted by molar-refractivity contribution is 0.186. The standard InChI is InChI=1S/C9H13NO2.ClH/c1-2-12-8-5-3-7(4-6-8)9(10)11;/h3-6,9,11H,2,10H2,1H3;1H/t9-;/m1./s1. The van der Waals surface area contributed by atoms with Gasteiger partial charge in [0.05, 0.1) is 6.61 Å². The molecule has 0 amide bonds. The Bertz CT molecular complexity index is 236. The van der Waals surface area contributed by atoms with E-state index < -0.39 is 6.23 Å². The van der Waals surface area contributed by atoms with Gasteiger partial charge in [-0.2, -0.15) is 0 Å². The Labute approximate surface area is 83.9 Å². The topological polar surface area (TPSA) is 55.5 Å². The minimum Gasteiger partial charge on any atom is -0.494 e. The molecule has 0 aliphatic rings. The fraction of sp³-hybridized carbons (Fsp3) is 0.333. The molecule has 4 heteroatoms. The van der Waals surface area contributed by atoms with Crippen LogP contribution in [-0.2, 0) is 0 Å². The van der Waals surface area contributed by atoms with Crippen molar-refractivity contribution in [2.45, 2.75) is 13.2 Å². The largest absolute Gasteiger partial charge is 0.494 e. The highest BCUT2D eigenvalue weighted by atomic mass is 35.5. The molecular weight excluding hydrogens is 190 g/mol. The molecular formula is C9H14ClNO2. The van der Waals surface area contributed by atoms with Crippen molar-refractivity contribution in [3.63, 3.8) is 0 Å². The summed E-state index contributed by atoms with van der Waals surface area (Å²) in [7, 11) is 0. The number of ether oxygens (including phenoxy) is 1. The Hall–Kier alpha value is -0.770. The van der Waals surface area contributed by atoms with E-state index in [1.54, 1.807) is 24.3 Å². The predicted octanol–water partition coefficient (Wildman–Crippen LogP) is 1.46. The van der Waals surface area contributed by atoms with Gasteiger partial charge in [0.2, 0.25) is 0 Å². The smallest absolute Gasteiger partial charge is 0.128 e. The Morgan fingerprint density at radius 1 is 1.38 bits per heavy atom. The second-order valence-corrected chi connectivity index (χ2v) is 2.45. The summed E-state index contributed by atoms with van der Waals surface area (Å²) in [6, 6.07) is 7.06. The lowest BCUT2D eigenvalue weighted by atomic mass is 10.2. The molecule has 1 aromatic carbocycles. The molecule has 1 aromatic rings. The van der Waals surface area contributed by atoms with E-state index in [1.165, 1.54) is 0 Å². The van der Waals surface area contributed by atoms with E-state index in [0.29, 0.717) is 12.2 Å². The number of benzene rings is 1. The summed E-state index contributed by atoms with van der Waals surface area (Å²) in [6.45, 7) is 2.57. The first-order chi connectivity index (χ1) is 5.74. The van der Waals surface area contributed by atoms with Crippen molar-refractivity contribution >= 4 is 12.4 Å². The molecule has 0 radical (unpaired) electrons.